The maximum absolute atomic E-state index is 2.37. The average molecular weight is 467 g/mol. The van der Waals surface area contributed by atoms with Crippen LogP contribution in [-0.2, 0) is 0 Å². The zero-order chi connectivity index (χ0) is 22.3. The van der Waals surface area contributed by atoms with E-state index < -0.39 is 0 Å². The molecule has 166 valence electrons. The Balaban J connectivity index is 1.40. The molecule has 1 aliphatic rings. The fourth-order valence-corrected chi connectivity index (χ4v) is 11.0. The van der Waals surface area contributed by atoms with Gasteiger partial charge in [0.05, 0.1) is 0 Å². The first kappa shape index (κ1) is 22.5. The van der Waals surface area contributed by atoms with Gasteiger partial charge in [-0.1, -0.05) is 128 Å². The molecule has 0 spiro atoms. The van der Waals surface area contributed by atoms with Gasteiger partial charge in [-0.2, -0.15) is 0 Å². The molecule has 0 N–H and O–H groups in total. The lowest BCUT2D eigenvalue weighted by molar-refractivity contribution is 0.542. The molecule has 1 aliphatic carbocycles. The fourth-order valence-electron chi connectivity index (χ4n) is 5.32. The molecular weight excluding hydrogens is 434 g/mol. The van der Waals surface area contributed by atoms with Crippen LogP contribution in [0.3, 0.4) is 0 Å². The number of benzene rings is 4. The van der Waals surface area contributed by atoms with Crippen LogP contribution in [0.4, 0.5) is 0 Å². The van der Waals surface area contributed by atoms with E-state index in [0.717, 1.165) is 11.6 Å². The molecule has 33 heavy (non-hydrogen) atoms. The predicted octanol–water partition coefficient (Wildman–Crippen LogP) is 6.81. The largest absolute Gasteiger partial charge is 0.0622 e. The van der Waals surface area contributed by atoms with Crippen LogP contribution >= 0.6 is 15.8 Å². The Morgan fingerprint density at radius 3 is 1.39 bits per heavy atom. The van der Waals surface area contributed by atoms with Crippen molar-refractivity contribution in [1.82, 2.24) is 0 Å². The van der Waals surface area contributed by atoms with Gasteiger partial charge >= 0.3 is 0 Å². The topological polar surface area (TPSA) is 0 Å². The quantitative estimate of drug-likeness (QED) is 0.250. The highest BCUT2D eigenvalue weighted by Gasteiger charge is 2.35. The summed E-state index contributed by atoms with van der Waals surface area (Å²) in [5.74, 6) is 0.814. The van der Waals surface area contributed by atoms with E-state index in [1.807, 2.05) is 0 Å². The first-order valence-corrected chi connectivity index (χ1v) is 15.1. The van der Waals surface area contributed by atoms with Gasteiger partial charge in [-0.05, 0) is 74.1 Å². The molecule has 1 saturated carbocycles. The molecule has 0 nitrogen and oxygen atoms in total. The molecule has 4 aromatic rings. The SMILES string of the molecule is c1ccc(P(CC[C@H]2CCC[C@H]2P(c2ccccc2)c2ccccc2)c2ccccc2)cc1. The lowest BCUT2D eigenvalue weighted by Crippen LogP contribution is -2.26. The highest BCUT2D eigenvalue weighted by atomic mass is 31.1. The predicted molar refractivity (Wildman–Crippen MR) is 149 cm³/mol. The molecule has 5 rings (SSSR count). The summed E-state index contributed by atoms with van der Waals surface area (Å²) < 4.78 is 0. The minimum atomic E-state index is -0.323. The summed E-state index contributed by atoms with van der Waals surface area (Å²) >= 11 is 0. The third-order valence-electron chi connectivity index (χ3n) is 6.88. The molecule has 0 radical (unpaired) electrons. The van der Waals surface area contributed by atoms with Gasteiger partial charge in [0.15, 0.2) is 0 Å². The van der Waals surface area contributed by atoms with Crippen LogP contribution in [0.15, 0.2) is 121 Å². The summed E-state index contributed by atoms with van der Waals surface area (Å²) in [5.41, 5.74) is 0.785. The Morgan fingerprint density at radius 1 is 0.515 bits per heavy atom. The Kier molecular flexibility index (Phi) is 7.68. The van der Waals surface area contributed by atoms with Crippen molar-refractivity contribution in [2.45, 2.75) is 31.3 Å². The van der Waals surface area contributed by atoms with Crippen LogP contribution in [0.1, 0.15) is 25.7 Å². The second-order valence-electron chi connectivity index (χ2n) is 8.91. The van der Waals surface area contributed by atoms with Crippen molar-refractivity contribution < 1.29 is 0 Å². The number of hydrogen-bond donors (Lipinski definition) is 0. The van der Waals surface area contributed by atoms with Crippen molar-refractivity contribution in [3.63, 3.8) is 0 Å². The molecule has 0 unspecified atom stereocenters. The summed E-state index contributed by atoms with van der Waals surface area (Å²) in [6, 6.07) is 45.1. The third kappa shape index (κ3) is 5.46. The maximum atomic E-state index is 2.37. The van der Waals surface area contributed by atoms with Gasteiger partial charge in [-0.3, -0.25) is 0 Å². The van der Waals surface area contributed by atoms with Crippen molar-refractivity contribution >= 4 is 37.1 Å². The van der Waals surface area contributed by atoms with E-state index in [2.05, 4.69) is 121 Å². The first-order chi connectivity index (χ1) is 16.4. The zero-order valence-electron chi connectivity index (χ0n) is 19.1. The molecule has 0 aromatic heterocycles. The Morgan fingerprint density at radius 2 is 0.939 bits per heavy atom. The lowest BCUT2D eigenvalue weighted by atomic mass is 10.1. The van der Waals surface area contributed by atoms with Gasteiger partial charge in [0.1, 0.15) is 0 Å². The number of rotatable bonds is 8. The zero-order valence-corrected chi connectivity index (χ0v) is 20.9. The molecule has 1 fully saturated rings. The Hall–Kier alpha value is -2.26. The summed E-state index contributed by atoms with van der Waals surface area (Å²) in [6.45, 7) is 0. The van der Waals surface area contributed by atoms with Crippen LogP contribution < -0.4 is 21.2 Å². The highest BCUT2D eigenvalue weighted by Crippen LogP contribution is 2.52. The van der Waals surface area contributed by atoms with E-state index in [1.165, 1.54) is 42.5 Å². The van der Waals surface area contributed by atoms with Crippen LogP contribution in [0.2, 0.25) is 0 Å². The molecule has 2 heteroatoms. The minimum Gasteiger partial charge on any atom is -0.0622 e. The van der Waals surface area contributed by atoms with Gasteiger partial charge in [0.2, 0.25) is 0 Å². The molecule has 0 bridgehead atoms. The molecule has 0 heterocycles. The van der Waals surface area contributed by atoms with Crippen molar-refractivity contribution in [1.29, 1.82) is 0 Å². The summed E-state index contributed by atoms with van der Waals surface area (Å²) in [5, 5.41) is 6.12. The van der Waals surface area contributed by atoms with Gasteiger partial charge in [0, 0.05) is 0 Å². The van der Waals surface area contributed by atoms with Crippen molar-refractivity contribution in [3.8, 4) is 0 Å². The lowest BCUT2D eigenvalue weighted by Gasteiger charge is -2.31. The maximum Gasteiger partial charge on any atom is -0.0100 e. The summed E-state index contributed by atoms with van der Waals surface area (Å²) in [7, 11) is -0.630. The summed E-state index contributed by atoms with van der Waals surface area (Å²) in [4.78, 5) is 0. The molecule has 2 atom stereocenters. The molecule has 4 aromatic carbocycles. The van der Waals surface area contributed by atoms with E-state index in [-0.39, 0.29) is 15.8 Å². The average Bonchev–Trinajstić information content (AvgIpc) is 3.35. The van der Waals surface area contributed by atoms with E-state index in [9.17, 15) is 0 Å². The smallest absolute Gasteiger partial charge is 0.0100 e. The second-order valence-corrected chi connectivity index (χ2v) is 13.7. The van der Waals surface area contributed by atoms with Gasteiger partial charge in [-0.15, -0.1) is 0 Å². The van der Waals surface area contributed by atoms with E-state index in [1.54, 1.807) is 10.6 Å². The van der Waals surface area contributed by atoms with Gasteiger partial charge < -0.3 is 0 Å². The first-order valence-electron chi connectivity index (χ1n) is 12.2. The second kappa shape index (κ2) is 11.2. The highest BCUT2D eigenvalue weighted by molar-refractivity contribution is 7.73. The van der Waals surface area contributed by atoms with E-state index in [0.29, 0.717) is 0 Å². The Bertz CT molecular complexity index is 1020. The molecule has 0 saturated heterocycles. The van der Waals surface area contributed by atoms with E-state index in [4.69, 9.17) is 0 Å². The molecule has 0 aliphatic heterocycles. The van der Waals surface area contributed by atoms with Crippen LogP contribution in [0.25, 0.3) is 0 Å². The van der Waals surface area contributed by atoms with Gasteiger partial charge in [-0.25, -0.2) is 0 Å². The van der Waals surface area contributed by atoms with Crippen LogP contribution in [0.5, 0.6) is 0 Å². The van der Waals surface area contributed by atoms with E-state index >= 15 is 0 Å². The van der Waals surface area contributed by atoms with Crippen LogP contribution in [0, 0.1) is 5.92 Å². The molecule has 0 amide bonds. The minimum absolute atomic E-state index is 0.307. The van der Waals surface area contributed by atoms with Crippen molar-refractivity contribution in [2.75, 3.05) is 6.16 Å². The monoisotopic (exact) mass is 466 g/mol. The Labute approximate surface area is 201 Å². The normalized spacial score (nSPS) is 18.1. The standard InChI is InChI=1S/C31H32P2/c1-5-15-27(16-6-1)32(28-17-7-2-8-18-28)25-24-26-14-13-23-31(26)33(29-19-9-3-10-20-29)30-21-11-4-12-22-30/h1-12,15-22,26,31H,13-14,23-25H2/t26-,31-/m1/s1. The fraction of sp³-hybridized carbons (Fsp3) is 0.226. The van der Waals surface area contributed by atoms with Crippen molar-refractivity contribution in [3.05, 3.63) is 121 Å². The third-order valence-corrected chi connectivity index (χ3v) is 12.5. The van der Waals surface area contributed by atoms with Crippen molar-refractivity contribution in [2.24, 2.45) is 5.92 Å². The van der Waals surface area contributed by atoms with Crippen LogP contribution in [-0.4, -0.2) is 11.8 Å². The summed E-state index contributed by atoms with van der Waals surface area (Å²) in [6.07, 6.45) is 6.75. The van der Waals surface area contributed by atoms with Gasteiger partial charge in [0.25, 0.3) is 0 Å². The number of hydrogen-bond acceptors (Lipinski definition) is 0. The molecular formula is C31H32P2.